The second-order valence-corrected chi connectivity index (χ2v) is 6.15. The van der Waals surface area contributed by atoms with Gasteiger partial charge in [-0.3, -0.25) is 9.48 Å². The van der Waals surface area contributed by atoms with Gasteiger partial charge in [0.2, 0.25) is 0 Å². The van der Waals surface area contributed by atoms with Crippen molar-refractivity contribution in [2.24, 2.45) is 7.05 Å². The molecular formula is C16H18IN3O. The molecule has 0 bridgehead atoms. The van der Waals surface area contributed by atoms with Crippen LogP contribution in [0.4, 0.5) is 5.69 Å². The Morgan fingerprint density at radius 1 is 1.19 bits per heavy atom. The number of rotatable bonds is 3. The van der Waals surface area contributed by atoms with Crippen molar-refractivity contribution in [2.75, 3.05) is 5.32 Å². The molecule has 1 amide bonds. The van der Waals surface area contributed by atoms with Crippen LogP contribution in [0.2, 0.25) is 0 Å². The van der Waals surface area contributed by atoms with E-state index in [-0.39, 0.29) is 5.91 Å². The molecule has 2 aromatic rings. The van der Waals surface area contributed by atoms with E-state index in [1.54, 1.807) is 17.9 Å². The molecule has 2 rings (SSSR count). The standard InChI is InChI=1S/C16H18IN3O/c1-10(2)11(3)12-7-5-6-8-14(12)18-16(21)13-9-20(4)19-15(13)17/h5-9H,1-4H3,(H,18,21). The SMILES string of the molecule is CC(C)=C(C)c1ccccc1NC(=O)c1cn(C)nc1I. The van der Waals surface area contributed by atoms with Gasteiger partial charge in [0.25, 0.3) is 5.91 Å². The molecule has 0 fully saturated rings. The van der Waals surface area contributed by atoms with Crippen LogP contribution in [0, 0.1) is 3.70 Å². The summed E-state index contributed by atoms with van der Waals surface area (Å²) >= 11 is 2.07. The number of amides is 1. The molecule has 0 atom stereocenters. The van der Waals surface area contributed by atoms with E-state index < -0.39 is 0 Å². The first-order valence-electron chi connectivity index (χ1n) is 6.64. The number of carbonyl (C=O) groups excluding carboxylic acids is 1. The third-order valence-electron chi connectivity index (χ3n) is 3.36. The molecule has 110 valence electrons. The number of anilines is 1. The molecule has 0 aliphatic heterocycles. The predicted molar refractivity (Wildman–Crippen MR) is 94.3 cm³/mol. The summed E-state index contributed by atoms with van der Waals surface area (Å²) in [6.45, 7) is 6.20. The van der Waals surface area contributed by atoms with Crippen LogP contribution >= 0.6 is 22.6 Å². The molecule has 21 heavy (non-hydrogen) atoms. The van der Waals surface area contributed by atoms with Gasteiger partial charge in [-0.25, -0.2) is 0 Å². The van der Waals surface area contributed by atoms with E-state index in [1.807, 2.05) is 24.3 Å². The highest BCUT2D eigenvalue weighted by molar-refractivity contribution is 14.1. The van der Waals surface area contributed by atoms with Crippen molar-refractivity contribution in [1.29, 1.82) is 0 Å². The molecule has 0 unspecified atom stereocenters. The van der Waals surface area contributed by atoms with Crippen LogP contribution in [0.3, 0.4) is 0 Å². The molecule has 0 aliphatic carbocycles. The molecule has 0 radical (unpaired) electrons. The van der Waals surface area contributed by atoms with Crippen molar-refractivity contribution < 1.29 is 4.79 Å². The summed E-state index contributed by atoms with van der Waals surface area (Å²) in [5.41, 5.74) is 4.85. The first-order valence-corrected chi connectivity index (χ1v) is 7.72. The van der Waals surface area contributed by atoms with E-state index in [0.29, 0.717) is 9.26 Å². The second-order valence-electron chi connectivity index (χ2n) is 5.13. The van der Waals surface area contributed by atoms with Crippen LogP contribution in [-0.4, -0.2) is 15.7 Å². The highest BCUT2D eigenvalue weighted by Gasteiger charge is 2.15. The maximum absolute atomic E-state index is 12.4. The highest BCUT2D eigenvalue weighted by Crippen LogP contribution is 2.26. The van der Waals surface area contributed by atoms with Gasteiger partial charge in [0, 0.05) is 24.5 Å². The number of hydrogen-bond donors (Lipinski definition) is 1. The number of aromatic nitrogens is 2. The number of halogens is 1. The van der Waals surface area contributed by atoms with Gasteiger partial charge in [0.1, 0.15) is 3.70 Å². The molecule has 1 aromatic carbocycles. The van der Waals surface area contributed by atoms with Gasteiger partial charge in [-0.05, 0) is 55.0 Å². The number of benzene rings is 1. The number of hydrogen-bond acceptors (Lipinski definition) is 2. The summed E-state index contributed by atoms with van der Waals surface area (Å²) in [5, 5.41) is 7.18. The Kier molecular flexibility index (Phi) is 4.82. The summed E-state index contributed by atoms with van der Waals surface area (Å²) in [4.78, 5) is 12.4. The third-order valence-corrected chi connectivity index (χ3v) is 4.15. The van der Waals surface area contributed by atoms with Crippen molar-refractivity contribution >= 4 is 39.8 Å². The minimum Gasteiger partial charge on any atom is -0.321 e. The number of nitrogens with zero attached hydrogens (tertiary/aromatic N) is 2. The zero-order valence-electron chi connectivity index (χ0n) is 12.6. The van der Waals surface area contributed by atoms with E-state index in [2.05, 4.69) is 53.8 Å². The van der Waals surface area contributed by atoms with Crippen LogP contribution in [0.15, 0.2) is 36.0 Å². The van der Waals surface area contributed by atoms with Gasteiger partial charge >= 0.3 is 0 Å². The Morgan fingerprint density at radius 2 is 1.86 bits per heavy atom. The van der Waals surface area contributed by atoms with Crippen molar-refractivity contribution in [3.63, 3.8) is 0 Å². The highest BCUT2D eigenvalue weighted by atomic mass is 127. The van der Waals surface area contributed by atoms with Crippen LogP contribution in [0.1, 0.15) is 36.7 Å². The summed E-state index contributed by atoms with van der Waals surface area (Å²) in [6.07, 6.45) is 1.73. The van der Waals surface area contributed by atoms with Crippen molar-refractivity contribution in [1.82, 2.24) is 9.78 Å². The van der Waals surface area contributed by atoms with Gasteiger partial charge in [-0.2, -0.15) is 5.10 Å². The maximum Gasteiger partial charge on any atom is 0.259 e. The van der Waals surface area contributed by atoms with Gasteiger partial charge in [0.05, 0.1) is 5.56 Å². The van der Waals surface area contributed by atoms with E-state index in [0.717, 1.165) is 11.3 Å². The lowest BCUT2D eigenvalue weighted by molar-refractivity contribution is 0.102. The Morgan fingerprint density at radius 3 is 2.43 bits per heavy atom. The minimum atomic E-state index is -0.137. The smallest absolute Gasteiger partial charge is 0.259 e. The lowest BCUT2D eigenvalue weighted by atomic mass is 10.0. The number of para-hydroxylation sites is 1. The first kappa shape index (κ1) is 15.8. The molecule has 0 saturated carbocycles. The van der Waals surface area contributed by atoms with Gasteiger partial charge in [-0.1, -0.05) is 23.8 Å². The van der Waals surface area contributed by atoms with Gasteiger partial charge in [0.15, 0.2) is 0 Å². The average Bonchev–Trinajstić information content (AvgIpc) is 2.77. The fourth-order valence-corrected chi connectivity index (χ4v) is 2.72. The van der Waals surface area contributed by atoms with E-state index in [1.165, 1.54) is 11.1 Å². The molecule has 1 aromatic heterocycles. The minimum absolute atomic E-state index is 0.137. The van der Waals surface area contributed by atoms with Crippen molar-refractivity contribution in [3.8, 4) is 0 Å². The molecule has 0 aliphatic rings. The molecular weight excluding hydrogens is 377 g/mol. The summed E-state index contributed by atoms with van der Waals surface area (Å²) in [5.74, 6) is -0.137. The molecule has 1 N–H and O–H groups in total. The number of aryl methyl sites for hydroxylation is 1. The monoisotopic (exact) mass is 395 g/mol. The number of nitrogens with one attached hydrogen (secondary N) is 1. The normalized spacial score (nSPS) is 10.3. The zero-order chi connectivity index (χ0) is 15.6. The topological polar surface area (TPSA) is 46.9 Å². The predicted octanol–water partition coefficient (Wildman–Crippen LogP) is 4.09. The summed E-state index contributed by atoms with van der Waals surface area (Å²) < 4.78 is 2.34. The Bertz CT molecular complexity index is 712. The Labute approximate surface area is 138 Å². The Hall–Kier alpha value is -1.63. The molecule has 0 spiro atoms. The quantitative estimate of drug-likeness (QED) is 0.796. The molecule has 4 nitrogen and oxygen atoms in total. The summed E-state index contributed by atoms with van der Waals surface area (Å²) in [6, 6.07) is 7.84. The molecule has 0 saturated heterocycles. The van der Waals surface area contributed by atoms with E-state index >= 15 is 0 Å². The molecule has 1 heterocycles. The van der Waals surface area contributed by atoms with Crippen LogP contribution in [0.5, 0.6) is 0 Å². The van der Waals surface area contributed by atoms with Crippen LogP contribution < -0.4 is 5.32 Å². The maximum atomic E-state index is 12.4. The molecule has 5 heteroatoms. The fraction of sp³-hybridized carbons (Fsp3) is 0.250. The summed E-state index contributed by atoms with van der Waals surface area (Å²) in [7, 11) is 1.81. The zero-order valence-corrected chi connectivity index (χ0v) is 14.7. The lowest BCUT2D eigenvalue weighted by Crippen LogP contribution is -2.13. The number of allylic oxidation sites excluding steroid dienone is 2. The lowest BCUT2D eigenvalue weighted by Gasteiger charge is -2.12. The van der Waals surface area contributed by atoms with E-state index in [9.17, 15) is 4.79 Å². The second kappa shape index (κ2) is 6.43. The van der Waals surface area contributed by atoms with Crippen molar-refractivity contribution in [2.45, 2.75) is 20.8 Å². The fourth-order valence-electron chi connectivity index (χ4n) is 1.99. The number of carbonyl (C=O) groups is 1. The van der Waals surface area contributed by atoms with Crippen LogP contribution in [-0.2, 0) is 7.05 Å². The van der Waals surface area contributed by atoms with E-state index in [4.69, 9.17) is 0 Å². The van der Waals surface area contributed by atoms with Gasteiger partial charge in [-0.15, -0.1) is 0 Å². The first-order chi connectivity index (χ1) is 9.90. The Balaban J connectivity index is 2.35. The van der Waals surface area contributed by atoms with Gasteiger partial charge < -0.3 is 5.32 Å². The van der Waals surface area contributed by atoms with Crippen molar-refractivity contribution in [3.05, 3.63) is 50.9 Å². The van der Waals surface area contributed by atoms with Crippen LogP contribution in [0.25, 0.3) is 5.57 Å². The third kappa shape index (κ3) is 3.53. The average molecular weight is 395 g/mol. The largest absolute Gasteiger partial charge is 0.321 e.